The fourth-order valence-corrected chi connectivity index (χ4v) is 5.58. The number of hydrogen-bond donors (Lipinski definition) is 3. The minimum absolute atomic E-state index is 0.159. The maximum Gasteiger partial charge on any atom is 0.251 e. The topological polar surface area (TPSA) is 113 Å². The molecule has 4 rings (SSSR count). The smallest absolute Gasteiger partial charge is 0.251 e. The summed E-state index contributed by atoms with van der Waals surface area (Å²) in [6.45, 7) is 7.19. The second-order valence-electron chi connectivity index (χ2n) is 9.56. The molecule has 0 saturated carbocycles. The molecule has 8 nitrogen and oxygen atoms in total. The molecule has 0 unspecified atom stereocenters. The van der Waals surface area contributed by atoms with Crippen molar-refractivity contribution in [1.29, 1.82) is 0 Å². The predicted octanol–water partition coefficient (Wildman–Crippen LogP) is 4.79. The average Bonchev–Trinajstić information content (AvgIpc) is 2.83. The Balaban J connectivity index is 1.75. The lowest BCUT2D eigenvalue weighted by Gasteiger charge is -2.21. The van der Waals surface area contributed by atoms with Gasteiger partial charge in [0.15, 0.2) is 5.82 Å². The van der Waals surface area contributed by atoms with Gasteiger partial charge in [-0.1, -0.05) is 36.4 Å². The Hall–Kier alpha value is -3.82. The first-order chi connectivity index (χ1) is 17.0. The Morgan fingerprint density at radius 2 is 1.56 bits per heavy atom. The molecule has 1 amide bonds. The van der Waals surface area contributed by atoms with Gasteiger partial charge in [0.2, 0.25) is 10.0 Å². The molecule has 0 bridgehead atoms. The second-order valence-corrected chi connectivity index (χ2v) is 11.2. The molecule has 36 heavy (non-hydrogen) atoms. The van der Waals surface area contributed by atoms with Crippen LogP contribution in [0.2, 0.25) is 0 Å². The molecule has 0 fully saturated rings. The number of carbonyl (C=O) groups is 1. The van der Waals surface area contributed by atoms with Crippen LogP contribution in [0, 0.1) is 6.92 Å². The highest BCUT2D eigenvalue weighted by molar-refractivity contribution is 7.89. The lowest BCUT2D eigenvalue weighted by Crippen LogP contribution is -2.40. The Morgan fingerprint density at radius 3 is 2.19 bits per heavy atom. The molecule has 0 saturated heterocycles. The van der Waals surface area contributed by atoms with Crippen molar-refractivity contribution in [2.24, 2.45) is 0 Å². The van der Waals surface area contributed by atoms with Crippen molar-refractivity contribution in [3.05, 3.63) is 77.9 Å². The largest absolute Gasteiger partial charge is 0.355 e. The summed E-state index contributed by atoms with van der Waals surface area (Å²) in [6, 6.07) is 20.0. The van der Waals surface area contributed by atoms with Gasteiger partial charge in [-0.25, -0.2) is 13.1 Å². The monoisotopic (exact) mass is 503 g/mol. The zero-order valence-electron chi connectivity index (χ0n) is 20.9. The van der Waals surface area contributed by atoms with Crippen molar-refractivity contribution < 1.29 is 13.2 Å². The molecule has 3 N–H and O–H groups in total. The molecule has 3 aromatic carbocycles. The standard InChI is InChI=1S/C27H29N5O3S/c1-17-10-11-19(16-23(17)36(34,35)32-27(2,3)4)24-21-8-6-7-9-22(21)25(31-30-24)29-20-14-12-18(13-15-20)26(33)28-5/h6-16,32H,1-5H3,(H,28,33)(H,29,31). The molecular weight excluding hydrogens is 474 g/mol. The normalized spacial score (nSPS) is 11.9. The summed E-state index contributed by atoms with van der Waals surface area (Å²) in [6.07, 6.45) is 0. The zero-order valence-corrected chi connectivity index (χ0v) is 21.7. The van der Waals surface area contributed by atoms with Gasteiger partial charge in [-0.2, -0.15) is 0 Å². The first kappa shape index (κ1) is 25.3. The van der Waals surface area contributed by atoms with Crippen molar-refractivity contribution in [3.63, 3.8) is 0 Å². The molecule has 1 heterocycles. The SMILES string of the molecule is CNC(=O)c1ccc(Nc2nnc(-c3ccc(C)c(S(=O)(=O)NC(C)(C)C)c3)c3ccccc23)cc1. The van der Waals surface area contributed by atoms with E-state index in [1.807, 2.05) is 30.3 Å². The highest BCUT2D eigenvalue weighted by Gasteiger charge is 2.24. The predicted molar refractivity (Wildman–Crippen MR) is 143 cm³/mol. The highest BCUT2D eigenvalue weighted by Crippen LogP contribution is 2.33. The summed E-state index contributed by atoms with van der Waals surface area (Å²) >= 11 is 0. The van der Waals surface area contributed by atoms with Crippen molar-refractivity contribution >= 4 is 38.2 Å². The van der Waals surface area contributed by atoms with Crippen LogP contribution in [0.1, 0.15) is 36.7 Å². The van der Waals surface area contributed by atoms with Crippen LogP contribution >= 0.6 is 0 Å². The molecule has 9 heteroatoms. The molecule has 4 aromatic rings. The first-order valence-electron chi connectivity index (χ1n) is 11.5. The lowest BCUT2D eigenvalue weighted by molar-refractivity contribution is 0.0963. The van der Waals surface area contributed by atoms with Crippen molar-refractivity contribution in [3.8, 4) is 11.3 Å². The number of benzene rings is 3. The minimum Gasteiger partial charge on any atom is -0.355 e. The quantitative estimate of drug-likeness (QED) is 0.349. The van der Waals surface area contributed by atoms with Gasteiger partial charge in [-0.3, -0.25) is 4.79 Å². The van der Waals surface area contributed by atoms with Crippen LogP contribution in [0.4, 0.5) is 11.5 Å². The van der Waals surface area contributed by atoms with Gasteiger partial charge >= 0.3 is 0 Å². The van der Waals surface area contributed by atoms with Gasteiger partial charge in [-0.15, -0.1) is 10.2 Å². The molecular formula is C27H29N5O3S. The number of sulfonamides is 1. The number of hydrogen-bond acceptors (Lipinski definition) is 6. The Labute approximate surface area is 211 Å². The van der Waals surface area contributed by atoms with Crippen LogP contribution in [-0.4, -0.2) is 37.1 Å². The number of fused-ring (bicyclic) bond motifs is 1. The fraction of sp³-hybridized carbons (Fsp3) is 0.222. The average molecular weight is 504 g/mol. The van der Waals surface area contributed by atoms with Gasteiger partial charge in [0.1, 0.15) is 5.69 Å². The number of nitrogens with one attached hydrogen (secondary N) is 3. The number of anilines is 2. The van der Waals surface area contributed by atoms with Crippen molar-refractivity contribution in [1.82, 2.24) is 20.2 Å². The van der Waals surface area contributed by atoms with Gasteiger partial charge in [0, 0.05) is 40.2 Å². The number of rotatable bonds is 6. The minimum atomic E-state index is -3.73. The van der Waals surface area contributed by atoms with Crippen LogP contribution < -0.4 is 15.4 Å². The summed E-state index contributed by atoms with van der Waals surface area (Å²) < 4.78 is 28.9. The van der Waals surface area contributed by atoms with Gasteiger partial charge < -0.3 is 10.6 Å². The van der Waals surface area contributed by atoms with Crippen molar-refractivity contribution in [2.75, 3.05) is 12.4 Å². The Kier molecular flexibility index (Phi) is 6.79. The summed E-state index contributed by atoms with van der Waals surface area (Å²) in [7, 11) is -2.14. The Morgan fingerprint density at radius 1 is 0.889 bits per heavy atom. The maximum absolute atomic E-state index is 13.1. The van der Waals surface area contributed by atoms with Crippen LogP contribution in [0.5, 0.6) is 0 Å². The van der Waals surface area contributed by atoms with Crippen LogP contribution in [-0.2, 0) is 10.0 Å². The third kappa shape index (κ3) is 5.37. The molecule has 0 aliphatic carbocycles. The van der Waals surface area contributed by atoms with Crippen LogP contribution in [0.15, 0.2) is 71.6 Å². The summed E-state index contributed by atoms with van der Waals surface area (Å²) in [5.74, 6) is 0.393. The number of aromatic nitrogens is 2. The van der Waals surface area contributed by atoms with E-state index in [9.17, 15) is 13.2 Å². The van der Waals surface area contributed by atoms with Crippen molar-refractivity contribution in [2.45, 2.75) is 38.1 Å². The summed E-state index contributed by atoms with van der Waals surface area (Å²) in [5.41, 5.74) is 2.58. The molecule has 0 radical (unpaired) electrons. The van der Waals surface area contributed by atoms with E-state index >= 15 is 0 Å². The molecule has 0 aliphatic heterocycles. The molecule has 0 aliphatic rings. The van der Waals surface area contributed by atoms with E-state index in [0.717, 1.165) is 16.5 Å². The molecule has 0 spiro atoms. The number of amides is 1. The van der Waals surface area contributed by atoms with Gasteiger partial charge in [0.05, 0.1) is 4.90 Å². The van der Waals surface area contributed by atoms with E-state index in [0.29, 0.717) is 28.2 Å². The molecule has 0 atom stereocenters. The Bertz CT molecular complexity index is 1540. The van der Waals surface area contributed by atoms with E-state index < -0.39 is 15.6 Å². The van der Waals surface area contributed by atoms with E-state index in [4.69, 9.17) is 0 Å². The summed E-state index contributed by atoms with van der Waals surface area (Å²) in [5, 5.41) is 16.4. The van der Waals surface area contributed by atoms with E-state index in [2.05, 4.69) is 25.6 Å². The molecule has 1 aromatic heterocycles. The van der Waals surface area contributed by atoms with E-state index in [1.165, 1.54) is 0 Å². The fourth-order valence-electron chi connectivity index (χ4n) is 3.89. The zero-order chi connectivity index (χ0) is 26.1. The maximum atomic E-state index is 13.1. The lowest BCUT2D eigenvalue weighted by atomic mass is 10.0. The third-order valence-corrected chi connectivity index (χ3v) is 7.42. The number of nitrogens with zero attached hydrogens (tertiary/aromatic N) is 2. The second kappa shape index (κ2) is 9.67. The molecule has 186 valence electrons. The van der Waals surface area contributed by atoms with Crippen LogP contribution in [0.25, 0.3) is 22.0 Å². The van der Waals surface area contributed by atoms with Gasteiger partial charge in [0.25, 0.3) is 5.91 Å². The van der Waals surface area contributed by atoms with E-state index in [1.54, 1.807) is 71.1 Å². The van der Waals surface area contributed by atoms with Gasteiger partial charge in [-0.05, 0) is 63.6 Å². The van der Waals surface area contributed by atoms with Crippen LogP contribution in [0.3, 0.4) is 0 Å². The summed E-state index contributed by atoms with van der Waals surface area (Å²) in [4.78, 5) is 12.0. The highest BCUT2D eigenvalue weighted by atomic mass is 32.2. The van der Waals surface area contributed by atoms with E-state index in [-0.39, 0.29) is 10.8 Å². The number of carbonyl (C=O) groups excluding carboxylic acids is 1. The number of aryl methyl sites for hydroxylation is 1. The first-order valence-corrected chi connectivity index (χ1v) is 13.0. The third-order valence-electron chi connectivity index (χ3n) is 5.52.